The summed E-state index contributed by atoms with van der Waals surface area (Å²) in [6.45, 7) is 5.89. The molecule has 0 atom stereocenters. The van der Waals surface area contributed by atoms with Crippen LogP contribution in [0.3, 0.4) is 0 Å². The second-order valence-electron chi connectivity index (χ2n) is 4.89. The molecule has 1 aromatic carbocycles. The number of aryl methyl sites for hydroxylation is 1. The van der Waals surface area contributed by atoms with Crippen LogP contribution >= 0.6 is 15.9 Å². The van der Waals surface area contributed by atoms with Gasteiger partial charge in [-0.3, -0.25) is 0 Å². The van der Waals surface area contributed by atoms with Crippen molar-refractivity contribution in [3.63, 3.8) is 0 Å². The molecule has 0 unspecified atom stereocenters. The molecule has 0 aliphatic carbocycles. The molecule has 1 aromatic rings. The van der Waals surface area contributed by atoms with E-state index in [0.717, 1.165) is 15.8 Å². The average molecular weight is 358 g/mol. The highest BCUT2D eigenvalue weighted by atomic mass is 79.9. The summed E-state index contributed by atoms with van der Waals surface area (Å²) in [6, 6.07) is 5.81. The predicted molar refractivity (Wildman–Crippen MR) is 84.1 cm³/mol. The summed E-state index contributed by atoms with van der Waals surface area (Å²) >= 11 is 3.43. The SMILES string of the molecule is Cc1ccc(OCCCC(=NO)C(=O)OC(C)C)c(Br)c1. The van der Waals surface area contributed by atoms with Crippen LogP contribution in [0.4, 0.5) is 0 Å². The molecule has 6 heteroatoms. The molecular formula is C15H20BrNO4. The number of halogens is 1. The Morgan fingerprint density at radius 3 is 2.71 bits per heavy atom. The molecule has 0 saturated carbocycles. The van der Waals surface area contributed by atoms with Gasteiger partial charge in [0.15, 0.2) is 5.71 Å². The van der Waals surface area contributed by atoms with Gasteiger partial charge in [0, 0.05) is 6.42 Å². The van der Waals surface area contributed by atoms with E-state index in [-0.39, 0.29) is 11.8 Å². The summed E-state index contributed by atoms with van der Waals surface area (Å²) in [5.74, 6) is 0.150. The number of carbonyl (C=O) groups excluding carboxylic acids is 1. The molecule has 0 aromatic heterocycles. The highest BCUT2D eigenvalue weighted by Crippen LogP contribution is 2.25. The van der Waals surface area contributed by atoms with Crippen molar-refractivity contribution in [2.24, 2.45) is 5.16 Å². The van der Waals surface area contributed by atoms with Gasteiger partial charge < -0.3 is 14.7 Å². The molecule has 0 amide bonds. The molecule has 1 N–H and O–H groups in total. The van der Waals surface area contributed by atoms with Crippen molar-refractivity contribution in [2.75, 3.05) is 6.61 Å². The minimum absolute atomic E-state index is 0.00951. The van der Waals surface area contributed by atoms with E-state index < -0.39 is 5.97 Å². The highest BCUT2D eigenvalue weighted by molar-refractivity contribution is 9.10. The molecule has 0 spiro atoms. The van der Waals surface area contributed by atoms with Crippen molar-refractivity contribution in [2.45, 2.75) is 39.7 Å². The third kappa shape index (κ3) is 6.16. The van der Waals surface area contributed by atoms with Crippen molar-refractivity contribution in [3.8, 4) is 5.75 Å². The third-order valence-corrected chi connectivity index (χ3v) is 3.22. The van der Waals surface area contributed by atoms with Crippen molar-refractivity contribution in [1.29, 1.82) is 0 Å². The Hall–Kier alpha value is -1.56. The Morgan fingerprint density at radius 2 is 2.14 bits per heavy atom. The van der Waals surface area contributed by atoms with Gasteiger partial charge in [0.1, 0.15) is 5.75 Å². The minimum atomic E-state index is -0.594. The van der Waals surface area contributed by atoms with Crippen LogP contribution in [0.1, 0.15) is 32.3 Å². The van der Waals surface area contributed by atoms with Crippen molar-refractivity contribution < 1.29 is 19.5 Å². The van der Waals surface area contributed by atoms with Crippen molar-refractivity contribution in [3.05, 3.63) is 28.2 Å². The summed E-state index contributed by atoms with van der Waals surface area (Å²) in [5.41, 5.74) is 1.15. The van der Waals surface area contributed by atoms with E-state index in [1.807, 2.05) is 25.1 Å². The minimum Gasteiger partial charge on any atom is -0.492 e. The van der Waals surface area contributed by atoms with E-state index in [9.17, 15) is 4.79 Å². The van der Waals surface area contributed by atoms with Gasteiger partial charge >= 0.3 is 5.97 Å². The Morgan fingerprint density at radius 1 is 1.43 bits per heavy atom. The quantitative estimate of drug-likeness (QED) is 0.265. The number of oxime groups is 1. The lowest BCUT2D eigenvalue weighted by Crippen LogP contribution is -2.21. The number of hydrogen-bond acceptors (Lipinski definition) is 5. The zero-order valence-corrected chi connectivity index (χ0v) is 14.0. The van der Waals surface area contributed by atoms with Crippen LogP contribution in [-0.4, -0.2) is 29.6 Å². The molecule has 21 heavy (non-hydrogen) atoms. The van der Waals surface area contributed by atoms with Crippen molar-refractivity contribution >= 4 is 27.6 Å². The van der Waals surface area contributed by atoms with Gasteiger partial charge in [-0.2, -0.15) is 0 Å². The number of rotatable bonds is 7. The lowest BCUT2D eigenvalue weighted by atomic mass is 10.2. The van der Waals surface area contributed by atoms with Gasteiger partial charge in [-0.1, -0.05) is 11.2 Å². The predicted octanol–water partition coefficient (Wildman–Crippen LogP) is 3.70. The summed E-state index contributed by atoms with van der Waals surface area (Å²) in [5, 5.41) is 11.8. The number of benzene rings is 1. The highest BCUT2D eigenvalue weighted by Gasteiger charge is 2.15. The van der Waals surface area contributed by atoms with E-state index in [1.165, 1.54) is 0 Å². The maximum absolute atomic E-state index is 11.6. The third-order valence-electron chi connectivity index (χ3n) is 2.60. The maximum atomic E-state index is 11.6. The number of nitrogens with zero attached hydrogens (tertiary/aromatic N) is 1. The van der Waals surface area contributed by atoms with Gasteiger partial charge in [-0.25, -0.2) is 4.79 Å². The van der Waals surface area contributed by atoms with Crippen LogP contribution in [0.2, 0.25) is 0 Å². The fraction of sp³-hybridized carbons (Fsp3) is 0.467. The van der Waals surface area contributed by atoms with E-state index >= 15 is 0 Å². The average Bonchev–Trinajstić information content (AvgIpc) is 2.40. The van der Waals surface area contributed by atoms with Gasteiger partial charge in [0.25, 0.3) is 0 Å². The molecule has 116 valence electrons. The second-order valence-corrected chi connectivity index (χ2v) is 5.74. The lowest BCUT2D eigenvalue weighted by molar-refractivity contribution is -0.139. The first-order valence-corrected chi connectivity index (χ1v) is 7.54. The standard InChI is InChI=1S/C15H20BrNO4/c1-10(2)21-15(18)13(17-19)5-4-8-20-14-7-6-11(3)9-12(14)16/h6-7,9-10,19H,4-5,8H2,1-3H3. The first kappa shape index (κ1) is 17.5. The number of carbonyl (C=O) groups is 1. The van der Waals surface area contributed by atoms with Crippen LogP contribution in [-0.2, 0) is 9.53 Å². The zero-order chi connectivity index (χ0) is 15.8. The Balaban J connectivity index is 2.40. The van der Waals surface area contributed by atoms with Gasteiger partial charge in [0.05, 0.1) is 17.2 Å². The largest absolute Gasteiger partial charge is 0.492 e. The molecule has 0 fully saturated rings. The second kappa shape index (κ2) is 8.67. The molecule has 0 heterocycles. The summed E-state index contributed by atoms with van der Waals surface area (Å²) in [7, 11) is 0. The van der Waals surface area contributed by atoms with Gasteiger partial charge in [-0.05, 0) is 60.8 Å². The number of esters is 1. The maximum Gasteiger partial charge on any atom is 0.356 e. The van der Waals surface area contributed by atoms with E-state index in [0.29, 0.717) is 19.4 Å². The Bertz CT molecular complexity index is 514. The molecule has 5 nitrogen and oxygen atoms in total. The van der Waals surface area contributed by atoms with Crippen LogP contribution < -0.4 is 4.74 Å². The van der Waals surface area contributed by atoms with E-state index in [1.54, 1.807) is 13.8 Å². The summed E-state index contributed by atoms with van der Waals surface area (Å²) in [4.78, 5) is 11.6. The fourth-order valence-corrected chi connectivity index (χ4v) is 2.23. The molecule has 0 radical (unpaired) electrons. The van der Waals surface area contributed by atoms with Crippen LogP contribution in [0.15, 0.2) is 27.8 Å². The van der Waals surface area contributed by atoms with Crippen LogP contribution in [0, 0.1) is 6.92 Å². The van der Waals surface area contributed by atoms with Crippen molar-refractivity contribution in [1.82, 2.24) is 0 Å². The zero-order valence-electron chi connectivity index (χ0n) is 12.4. The molecular weight excluding hydrogens is 338 g/mol. The molecule has 0 aliphatic rings. The van der Waals surface area contributed by atoms with Crippen LogP contribution in [0.5, 0.6) is 5.75 Å². The monoisotopic (exact) mass is 357 g/mol. The molecule has 0 bridgehead atoms. The number of hydrogen-bond donors (Lipinski definition) is 1. The van der Waals surface area contributed by atoms with Crippen LogP contribution in [0.25, 0.3) is 0 Å². The smallest absolute Gasteiger partial charge is 0.356 e. The fourth-order valence-electron chi connectivity index (χ4n) is 1.62. The van der Waals surface area contributed by atoms with E-state index in [2.05, 4.69) is 21.1 Å². The molecule has 0 aliphatic heterocycles. The summed E-state index contributed by atoms with van der Waals surface area (Å²) < 4.78 is 11.5. The normalized spacial score (nSPS) is 11.6. The Labute approximate surface area is 133 Å². The van der Waals surface area contributed by atoms with E-state index in [4.69, 9.17) is 14.7 Å². The first-order chi connectivity index (χ1) is 9.93. The van der Waals surface area contributed by atoms with Gasteiger partial charge in [-0.15, -0.1) is 0 Å². The molecule has 1 rings (SSSR count). The Kier molecular flexibility index (Phi) is 7.22. The number of ether oxygens (including phenoxy) is 2. The van der Waals surface area contributed by atoms with Gasteiger partial charge in [0.2, 0.25) is 0 Å². The summed E-state index contributed by atoms with van der Waals surface area (Å²) in [6.07, 6.45) is 0.604. The molecule has 0 saturated heterocycles. The lowest BCUT2D eigenvalue weighted by Gasteiger charge is -2.10. The topological polar surface area (TPSA) is 68.1 Å². The first-order valence-electron chi connectivity index (χ1n) is 6.75.